The van der Waals surface area contributed by atoms with Gasteiger partial charge in [-0.3, -0.25) is 0 Å². The van der Waals surface area contributed by atoms with Crippen LogP contribution in [-0.2, 0) is 6.42 Å². The third kappa shape index (κ3) is 2.99. The van der Waals surface area contributed by atoms with Crippen molar-refractivity contribution in [3.8, 4) is 11.5 Å². The number of piperidine rings is 1. The van der Waals surface area contributed by atoms with Crippen LogP contribution in [0.5, 0.6) is 0 Å². The van der Waals surface area contributed by atoms with Crippen molar-refractivity contribution < 1.29 is 8.91 Å². The van der Waals surface area contributed by atoms with Gasteiger partial charge in [0, 0.05) is 6.42 Å². The van der Waals surface area contributed by atoms with E-state index in [0.29, 0.717) is 23.2 Å². The van der Waals surface area contributed by atoms with Crippen molar-refractivity contribution in [3.05, 3.63) is 34.9 Å². The highest BCUT2D eigenvalue weighted by atomic mass is 35.5. The molecule has 1 aliphatic rings. The van der Waals surface area contributed by atoms with Gasteiger partial charge in [-0.2, -0.15) is 4.98 Å². The summed E-state index contributed by atoms with van der Waals surface area (Å²) in [6.07, 6.45) is 3.14. The van der Waals surface area contributed by atoms with Crippen molar-refractivity contribution in [1.29, 1.82) is 0 Å². The maximum Gasteiger partial charge on any atom is 0.259 e. The van der Waals surface area contributed by atoms with E-state index >= 15 is 0 Å². The number of aromatic nitrogens is 2. The molecule has 6 heteroatoms. The Morgan fingerprint density at radius 3 is 3.10 bits per heavy atom. The number of nitrogens with zero attached hydrogens (tertiary/aromatic N) is 2. The Morgan fingerprint density at radius 2 is 2.35 bits per heavy atom. The lowest BCUT2D eigenvalue weighted by Crippen LogP contribution is -2.31. The summed E-state index contributed by atoms with van der Waals surface area (Å²) in [5.74, 6) is 1.17. The summed E-state index contributed by atoms with van der Waals surface area (Å²) >= 11 is 5.99. The Labute approximate surface area is 121 Å². The zero-order chi connectivity index (χ0) is 13.9. The van der Waals surface area contributed by atoms with E-state index in [4.69, 9.17) is 16.1 Å². The van der Waals surface area contributed by atoms with Crippen LogP contribution < -0.4 is 5.32 Å². The van der Waals surface area contributed by atoms with Gasteiger partial charge in [-0.25, -0.2) is 4.39 Å². The summed E-state index contributed by atoms with van der Waals surface area (Å²) in [7, 11) is 0. The molecule has 1 aliphatic heterocycles. The summed E-state index contributed by atoms with van der Waals surface area (Å²) in [5, 5.41) is 7.62. The molecule has 2 heterocycles. The van der Waals surface area contributed by atoms with Gasteiger partial charge in [0.25, 0.3) is 5.89 Å². The summed E-state index contributed by atoms with van der Waals surface area (Å²) in [6.45, 7) is 2.07. The molecule has 20 heavy (non-hydrogen) atoms. The predicted octanol–water partition coefficient (Wildman–Crippen LogP) is 3.07. The lowest BCUT2D eigenvalue weighted by atomic mass is 9.96. The predicted molar refractivity (Wildman–Crippen MR) is 74.0 cm³/mol. The minimum atomic E-state index is -0.383. The number of nitrogens with one attached hydrogen (secondary N) is 1. The van der Waals surface area contributed by atoms with E-state index in [9.17, 15) is 4.39 Å². The second-order valence-corrected chi connectivity index (χ2v) is 5.46. The number of halogens is 2. The van der Waals surface area contributed by atoms with Crippen LogP contribution in [0.1, 0.15) is 18.7 Å². The first kappa shape index (κ1) is 13.5. The van der Waals surface area contributed by atoms with Crippen molar-refractivity contribution >= 4 is 11.6 Å². The molecule has 3 rings (SSSR count). The minimum absolute atomic E-state index is 0.277. The van der Waals surface area contributed by atoms with Crippen molar-refractivity contribution in [2.45, 2.75) is 19.3 Å². The molecule has 0 radical (unpaired) electrons. The second kappa shape index (κ2) is 5.89. The quantitative estimate of drug-likeness (QED) is 0.945. The van der Waals surface area contributed by atoms with E-state index in [0.717, 1.165) is 19.5 Å². The average Bonchev–Trinajstić information content (AvgIpc) is 2.88. The van der Waals surface area contributed by atoms with Crippen LogP contribution in [0.25, 0.3) is 11.5 Å². The fraction of sp³-hybridized carbons (Fsp3) is 0.429. The van der Waals surface area contributed by atoms with E-state index in [1.807, 2.05) is 0 Å². The topological polar surface area (TPSA) is 51.0 Å². The van der Waals surface area contributed by atoms with Crippen LogP contribution in [-0.4, -0.2) is 23.2 Å². The van der Waals surface area contributed by atoms with Crippen molar-refractivity contribution in [3.63, 3.8) is 0 Å². The molecule has 1 aromatic carbocycles. The van der Waals surface area contributed by atoms with Crippen molar-refractivity contribution in [2.75, 3.05) is 13.1 Å². The van der Waals surface area contributed by atoms with Crippen LogP contribution in [0, 0.1) is 11.7 Å². The Bertz CT molecular complexity index is 596. The number of benzene rings is 1. The molecule has 0 saturated carbocycles. The van der Waals surface area contributed by atoms with Crippen LogP contribution in [0.2, 0.25) is 5.02 Å². The Morgan fingerprint density at radius 1 is 1.45 bits per heavy atom. The Kier molecular flexibility index (Phi) is 3.98. The molecule has 1 aromatic heterocycles. The molecular formula is C14H15ClFN3O. The lowest BCUT2D eigenvalue weighted by molar-refractivity contribution is 0.360. The molecule has 1 unspecified atom stereocenters. The minimum Gasteiger partial charge on any atom is -0.334 e. The molecular weight excluding hydrogens is 281 g/mol. The van der Waals surface area contributed by atoms with E-state index in [1.165, 1.54) is 25.0 Å². The highest BCUT2D eigenvalue weighted by molar-refractivity contribution is 6.33. The van der Waals surface area contributed by atoms with Gasteiger partial charge in [-0.15, -0.1) is 0 Å². The molecule has 0 amide bonds. The largest absolute Gasteiger partial charge is 0.334 e. The van der Waals surface area contributed by atoms with E-state index < -0.39 is 0 Å². The number of hydrogen-bond acceptors (Lipinski definition) is 4. The first-order chi connectivity index (χ1) is 9.72. The monoisotopic (exact) mass is 295 g/mol. The molecule has 1 N–H and O–H groups in total. The fourth-order valence-electron chi connectivity index (χ4n) is 2.47. The summed E-state index contributed by atoms with van der Waals surface area (Å²) in [6, 6.07) is 4.12. The van der Waals surface area contributed by atoms with Gasteiger partial charge in [-0.1, -0.05) is 16.8 Å². The van der Waals surface area contributed by atoms with E-state index in [1.54, 1.807) is 6.07 Å². The molecule has 0 spiro atoms. The smallest absolute Gasteiger partial charge is 0.259 e. The molecule has 0 bridgehead atoms. The fourth-order valence-corrected chi connectivity index (χ4v) is 2.71. The summed E-state index contributed by atoms with van der Waals surface area (Å²) in [5.41, 5.74) is 0.564. The zero-order valence-corrected chi connectivity index (χ0v) is 11.7. The molecule has 1 fully saturated rings. The third-order valence-electron chi connectivity index (χ3n) is 3.50. The molecule has 1 atom stereocenters. The zero-order valence-electron chi connectivity index (χ0n) is 10.9. The van der Waals surface area contributed by atoms with Gasteiger partial charge in [0.2, 0.25) is 0 Å². The van der Waals surface area contributed by atoms with Gasteiger partial charge in [0.05, 0.1) is 10.6 Å². The van der Waals surface area contributed by atoms with Crippen LogP contribution in [0.3, 0.4) is 0 Å². The highest BCUT2D eigenvalue weighted by Crippen LogP contribution is 2.27. The highest BCUT2D eigenvalue weighted by Gasteiger charge is 2.18. The summed E-state index contributed by atoms with van der Waals surface area (Å²) in [4.78, 5) is 4.35. The van der Waals surface area contributed by atoms with Crippen LogP contribution in [0.4, 0.5) is 4.39 Å². The molecule has 2 aromatic rings. The van der Waals surface area contributed by atoms with Gasteiger partial charge in [0.1, 0.15) is 5.82 Å². The van der Waals surface area contributed by atoms with Crippen LogP contribution in [0.15, 0.2) is 22.7 Å². The number of hydrogen-bond donors (Lipinski definition) is 1. The lowest BCUT2D eigenvalue weighted by Gasteiger charge is -2.20. The normalized spacial score (nSPS) is 19.2. The first-order valence-electron chi connectivity index (χ1n) is 6.71. The second-order valence-electron chi connectivity index (χ2n) is 5.06. The Hall–Kier alpha value is -1.46. The van der Waals surface area contributed by atoms with Gasteiger partial charge in [-0.05, 0) is 50.0 Å². The van der Waals surface area contributed by atoms with E-state index in [-0.39, 0.29) is 10.8 Å². The molecule has 1 saturated heterocycles. The molecule has 0 aliphatic carbocycles. The summed E-state index contributed by atoms with van der Waals surface area (Å²) < 4.78 is 18.2. The first-order valence-corrected chi connectivity index (χ1v) is 7.09. The van der Waals surface area contributed by atoms with Gasteiger partial charge >= 0.3 is 0 Å². The van der Waals surface area contributed by atoms with Crippen molar-refractivity contribution in [1.82, 2.24) is 15.5 Å². The average molecular weight is 296 g/mol. The molecule has 106 valence electrons. The maximum absolute atomic E-state index is 13.0. The van der Waals surface area contributed by atoms with Gasteiger partial charge in [0.15, 0.2) is 5.82 Å². The number of rotatable bonds is 3. The van der Waals surface area contributed by atoms with E-state index in [2.05, 4.69) is 15.5 Å². The van der Waals surface area contributed by atoms with Crippen LogP contribution >= 0.6 is 11.6 Å². The Balaban J connectivity index is 1.75. The standard InChI is InChI=1S/C14H15ClFN3O/c15-12-7-10(16)3-4-11(12)14-18-13(19-20-14)6-9-2-1-5-17-8-9/h3-4,7,9,17H,1-2,5-6,8H2. The van der Waals surface area contributed by atoms with Crippen molar-refractivity contribution in [2.24, 2.45) is 5.92 Å². The SMILES string of the molecule is Fc1ccc(-c2nc(CC3CCCNC3)no2)c(Cl)c1. The van der Waals surface area contributed by atoms with Gasteiger partial charge < -0.3 is 9.84 Å². The maximum atomic E-state index is 13.0. The molecule has 4 nitrogen and oxygen atoms in total. The third-order valence-corrected chi connectivity index (χ3v) is 3.81.